The summed E-state index contributed by atoms with van der Waals surface area (Å²) in [5.74, 6) is -0.468. The molecule has 1 aliphatic heterocycles. The van der Waals surface area contributed by atoms with Crippen LogP contribution in [0.15, 0.2) is 4.99 Å². The van der Waals surface area contributed by atoms with Crippen molar-refractivity contribution in [3.8, 4) is 0 Å². The average Bonchev–Trinajstić information content (AvgIpc) is 2.20. The summed E-state index contributed by atoms with van der Waals surface area (Å²) in [6.07, 6.45) is -1.57. The fourth-order valence-corrected chi connectivity index (χ4v) is 1.43. The molecule has 0 aliphatic carbocycles. The van der Waals surface area contributed by atoms with E-state index in [1.54, 1.807) is 0 Å². The van der Waals surface area contributed by atoms with E-state index in [1.165, 1.54) is 6.21 Å². The van der Waals surface area contributed by atoms with Gasteiger partial charge in [-0.1, -0.05) is 0 Å². The number of aliphatic imine (C=N–C) groups is 1. The molecular weight excluding hydrogens is 220 g/mol. The van der Waals surface area contributed by atoms with E-state index >= 15 is 0 Å². The van der Waals surface area contributed by atoms with E-state index in [2.05, 4.69) is 17.2 Å². The van der Waals surface area contributed by atoms with Crippen molar-refractivity contribution in [1.29, 1.82) is 0 Å². The van der Waals surface area contributed by atoms with Crippen molar-refractivity contribution >= 4 is 23.5 Å². The van der Waals surface area contributed by atoms with Gasteiger partial charge in [-0.15, -0.1) is 0 Å². The van der Waals surface area contributed by atoms with Crippen molar-refractivity contribution < 1.29 is 20.1 Å². The zero-order valence-corrected chi connectivity index (χ0v) is 8.80. The van der Waals surface area contributed by atoms with Crippen molar-refractivity contribution in [2.24, 2.45) is 16.6 Å². The van der Waals surface area contributed by atoms with Gasteiger partial charge in [-0.05, 0) is 12.2 Å². The molecule has 86 valence electrons. The van der Waals surface area contributed by atoms with Gasteiger partial charge in [-0.2, -0.15) is 0 Å². The standard InChI is InChI=1S/C8H14N2O4S/c9-8(15)10-1-4-3-14-5(2-11)7(13)6(4)12/h1,4-7,11-13H,2-3H2,(H2,9,15)/t4?,5-,6-,7+/m1/s1. The van der Waals surface area contributed by atoms with Gasteiger partial charge in [0.25, 0.3) is 0 Å². The van der Waals surface area contributed by atoms with Gasteiger partial charge in [-0.25, -0.2) is 4.99 Å². The molecule has 0 bridgehead atoms. The van der Waals surface area contributed by atoms with E-state index in [-0.39, 0.29) is 18.3 Å². The molecule has 0 amide bonds. The fraction of sp³-hybridized carbons (Fsp3) is 0.750. The normalized spacial score (nSPS) is 37.0. The number of thiocarbonyl (C=S) groups is 1. The van der Waals surface area contributed by atoms with Crippen LogP contribution >= 0.6 is 12.2 Å². The Morgan fingerprint density at radius 3 is 2.73 bits per heavy atom. The molecule has 0 aromatic heterocycles. The number of hydrogen-bond donors (Lipinski definition) is 4. The van der Waals surface area contributed by atoms with Crippen LogP contribution < -0.4 is 5.73 Å². The zero-order valence-electron chi connectivity index (χ0n) is 7.98. The summed E-state index contributed by atoms with van der Waals surface area (Å²) in [5, 5.41) is 27.9. The minimum Gasteiger partial charge on any atom is -0.394 e. The third kappa shape index (κ3) is 3.18. The summed E-state index contributed by atoms with van der Waals surface area (Å²) < 4.78 is 5.12. The second-order valence-electron chi connectivity index (χ2n) is 3.32. The molecule has 0 saturated carbocycles. The molecular formula is C8H14N2O4S. The Morgan fingerprint density at radius 1 is 1.53 bits per heavy atom. The minimum atomic E-state index is -1.13. The first-order chi connectivity index (χ1) is 7.06. The molecule has 4 atom stereocenters. The zero-order chi connectivity index (χ0) is 11.4. The highest BCUT2D eigenvalue weighted by Crippen LogP contribution is 2.18. The fourth-order valence-electron chi connectivity index (χ4n) is 1.37. The maximum absolute atomic E-state index is 9.64. The van der Waals surface area contributed by atoms with Crippen LogP contribution in [0.1, 0.15) is 0 Å². The molecule has 1 aliphatic rings. The van der Waals surface area contributed by atoms with E-state index in [0.29, 0.717) is 0 Å². The number of rotatable bonds is 2. The lowest BCUT2D eigenvalue weighted by molar-refractivity contribution is -0.160. The first-order valence-corrected chi connectivity index (χ1v) is 4.89. The van der Waals surface area contributed by atoms with Gasteiger partial charge in [0.1, 0.15) is 12.2 Å². The smallest absolute Gasteiger partial charge is 0.189 e. The van der Waals surface area contributed by atoms with E-state index in [1.807, 2.05) is 0 Å². The second kappa shape index (κ2) is 5.47. The summed E-state index contributed by atoms with van der Waals surface area (Å²) in [4.78, 5) is 3.65. The maximum atomic E-state index is 9.64. The Hall–Kier alpha value is -0.600. The molecule has 1 heterocycles. The first-order valence-electron chi connectivity index (χ1n) is 4.48. The number of ether oxygens (including phenoxy) is 1. The summed E-state index contributed by atoms with van der Waals surface area (Å²) in [5.41, 5.74) is 5.15. The number of aliphatic hydroxyl groups is 3. The summed E-state index contributed by atoms with van der Waals surface area (Å²) in [6, 6.07) is 0. The topological polar surface area (TPSA) is 108 Å². The lowest BCUT2D eigenvalue weighted by atomic mass is 9.93. The van der Waals surface area contributed by atoms with Gasteiger partial charge < -0.3 is 25.8 Å². The molecule has 0 aromatic rings. The SMILES string of the molecule is NC(=S)N=CC1CO[C@H](CO)[C@H](O)[C@@H]1O. The highest BCUT2D eigenvalue weighted by Gasteiger charge is 2.37. The monoisotopic (exact) mass is 234 g/mol. The largest absolute Gasteiger partial charge is 0.394 e. The van der Waals surface area contributed by atoms with Crippen LogP contribution in [0.2, 0.25) is 0 Å². The number of nitrogens with zero attached hydrogens (tertiary/aromatic N) is 1. The Labute approximate surface area is 92.4 Å². The summed E-state index contributed by atoms with van der Waals surface area (Å²) in [7, 11) is 0. The molecule has 15 heavy (non-hydrogen) atoms. The van der Waals surface area contributed by atoms with Gasteiger partial charge >= 0.3 is 0 Å². The molecule has 0 radical (unpaired) electrons. The number of aliphatic hydroxyl groups excluding tert-OH is 3. The van der Waals surface area contributed by atoms with Crippen LogP contribution in [0, 0.1) is 5.92 Å². The average molecular weight is 234 g/mol. The molecule has 0 aromatic carbocycles. The predicted octanol–water partition coefficient (Wildman–Crippen LogP) is -1.97. The highest BCUT2D eigenvalue weighted by atomic mass is 32.1. The molecule has 7 heteroatoms. The van der Waals surface area contributed by atoms with E-state index in [4.69, 9.17) is 15.6 Å². The van der Waals surface area contributed by atoms with Crippen molar-refractivity contribution in [3.63, 3.8) is 0 Å². The number of nitrogens with two attached hydrogens (primary N) is 1. The van der Waals surface area contributed by atoms with Crippen LogP contribution in [-0.4, -0.2) is 58.2 Å². The van der Waals surface area contributed by atoms with Crippen molar-refractivity contribution in [2.45, 2.75) is 18.3 Å². The van der Waals surface area contributed by atoms with Crippen molar-refractivity contribution in [2.75, 3.05) is 13.2 Å². The molecule has 6 nitrogen and oxygen atoms in total. The second-order valence-corrected chi connectivity index (χ2v) is 3.73. The van der Waals surface area contributed by atoms with E-state index < -0.39 is 24.2 Å². The molecule has 0 spiro atoms. The van der Waals surface area contributed by atoms with Crippen molar-refractivity contribution in [3.05, 3.63) is 0 Å². The van der Waals surface area contributed by atoms with Crippen LogP contribution in [-0.2, 0) is 4.74 Å². The van der Waals surface area contributed by atoms with Gasteiger partial charge in [0.2, 0.25) is 0 Å². The highest BCUT2D eigenvalue weighted by molar-refractivity contribution is 7.80. The van der Waals surface area contributed by atoms with E-state index in [0.717, 1.165) is 0 Å². The Bertz CT molecular complexity index is 261. The number of hydrogen-bond acceptors (Lipinski definition) is 5. The third-order valence-corrected chi connectivity index (χ3v) is 2.35. The molecule has 1 rings (SSSR count). The van der Waals surface area contributed by atoms with Gasteiger partial charge in [0.15, 0.2) is 5.11 Å². The predicted molar refractivity (Wildman–Crippen MR) is 57.6 cm³/mol. The van der Waals surface area contributed by atoms with Gasteiger partial charge in [0, 0.05) is 12.1 Å². The lowest BCUT2D eigenvalue weighted by Gasteiger charge is -2.35. The third-order valence-electron chi connectivity index (χ3n) is 2.25. The van der Waals surface area contributed by atoms with Crippen LogP contribution in [0.3, 0.4) is 0 Å². The lowest BCUT2D eigenvalue weighted by Crippen LogP contribution is -2.51. The Kier molecular flexibility index (Phi) is 4.55. The molecule has 5 N–H and O–H groups in total. The van der Waals surface area contributed by atoms with Gasteiger partial charge in [-0.3, -0.25) is 0 Å². The van der Waals surface area contributed by atoms with Gasteiger partial charge in [0.05, 0.1) is 19.3 Å². The quantitative estimate of drug-likeness (QED) is 0.326. The van der Waals surface area contributed by atoms with Crippen molar-refractivity contribution in [1.82, 2.24) is 0 Å². The summed E-state index contributed by atoms with van der Waals surface area (Å²) in [6.45, 7) is -0.174. The van der Waals surface area contributed by atoms with Crippen LogP contribution in [0.4, 0.5) is 0 Å². The van der Waals surface area contributed by atoms with Crippen LogP contribution in [0.25, 0.3) is 0 Å². The Morgan fingerprint density at radius 2 is 2.20 bits per heavy atom. The minimum absolute atomic E-state index is 0.0408. The molecule has 1 saturated heterocycles. The molecule has 1 fully saturated rings. The first kappa shape index (κ1) is 12.5. The van der Waals surface area contributed by atoms with E-state index in [9.17, 15) is 10.2 Å². The maximum Gasteiger partial charge on any atom is 0.189 e. The van der Waals surface area contributed by atoms with Crippen LogP contribution in [0.5, 0.6) is 0 Å². The molecule has 1 unspecified atom stereocenters. The Balaban J connectivity index is 2.60. The summed E-state index contributed by atoms with van der Waals surface area (Å²) >= 11 is 4.53.